The number of hydrogen-bond donors (Lipinski definition) is 1. The monoisotopic (exact) mass is 417 g/mol. The van der Waals surface area contributed by atoms with Crippen LogP contribution in [0.3, 0.4) is 0 Å². The summed E-state index contributed by atoms with van der Waals surface area (Å²) in [5.74, 6) is 0.0753. The van der Waals surface area contributed by atoms with Crippen molar-refractivity contribution >= 4 is 16.8 Å². The summed E-state index contributed by atoms with van der Waals surface area (Å²) in [5, 5.41) is 4.28. The number of aromatic nitrogens is 1. The molecule has 1 fully saturated rings. The molecule has 4 nitrogen and oxygen atoms in total. The Morgan fingerprint density at radius 2 is 1.74 bits per heavy atom. The molecule has 1 N–H and O–H groups in total. The molecule has 3 aromatic rings. The van der Waals surface area contributed by atoms with E-state index in [9.17, 15) is 4.79 Å². The molecule has 1 aliphatic rings. The quantitative estimate of drug-likeness (QED) is 0.566. The van der Waals surface area contributed by atoms with Gasteiger partial charge in [0.1, 0.15) is 6.54 Å². The van der Waals surface area contributed by atoms with E-state index in [4.69, 9.17) is 0 Å². The molecule has 0 atom stereocenters. The van der Waals surface area contributed by atoms with Gasteiger partial charge in [-0.3, -0.25) is 4.79 Å². The molecule has 1 saturated carbocycles. The van der Waals surface area contributed by atoms with Gasteiger partial charge in [0, 0.05) is 30.8 Å². The predicted octanol–water partition coefficient (Wildman–Crippen LogP) is 5.31. The van der Waals surface area contributed by atoms with Crippen LogP contribution in [0, 0.1) is 13.8 Å². The Bertz CT molecular complexity index is 1030. The third kappa shape index (κ3) is 5.37. The average molecular weight is 418 g/mol. The molecule has 0 bridgehead atoms. The highest BCUT2D eigenvalue weighted by atomic mass is 16.1. The number of carbonyl (C=O) groups excluding carboxylic acids is 1. The maximum atomic E-state index is 12.6. The van der Waals surface area contributed by atoms with Crippen LogP contribution in [-0.4, -0.2) is 41.6 Å². The van der Waals surface area contributed by atoms with Crippen molar-refractivity contribution < 1.29 is 4.79 Å². The summed E-state index contributed by atoms with van der Waals surface area (Å²) in [6.07, 6.45) is 8.66. The second-order valence-electron chi connectivity index (χ2n) is 9.22. The van der Waals surface area contributed by atoms with E-state index in [2.05, 4.69) is 78.1 Å². The predicted molar refractivity (Wildman–Crippen MR) is 129 cm³/mol. The summed E-state index contributed by atoms with van der Waals surface area (Å²) in [7, 11) is 2.19. The molecule has 0 aliphatic heterocycles. The van der Waals surface area contributed by atoms with Gasteiger partial charge in [-0.1, -0.05) is 60.7 Å². The third-order valence-corrected chi connectivity index (χ3v) is 6.63. The van der Waals surface area contributed by atoms with Gasteiger partial charge in [0.25, 0.3) is 0 Å². The number of rotatable bonds is 7. The second-order valence-corrected chi connectivity index (χ2v) is 9.22. The molecule has 1 amide bonds. The zero-order valence-electron chi connectivity index (χ0n) is 19.2. The molecular formula is C27H35N3O. The SMILES string of the molecule is Cc1cc(C)cc(-c2ccc3ccn(CC(=O)NCCN(C)C4CCCCC4)c3c2)c1. The first kappa shape index (κ1) is 21.6. The second kappa shape index (κ2) is 9.69. The maximum absolute atomic E-state index is 12.6. The molecule has 0 saturated heterocycles. The first-order chi connectivity index (χ1) is 15.0. The van der Waals surface area contributed by atoms with Gasteiger partial charge in [-0.15, -0.1) is 0 Å². The number of likely N-dealkylation sites (N-methyl/N-ethyl adjacent to an activating group) is 1. The van der Waals surface area contributed by atoms with Crippen LogP contribution in [0.1, 0.15) is 43.2 Å². The summed E-state index contributed by atoms with van der Waals surface area (Å²) in [5.41, 5.74) is 6.05. The molecule has 31 heavy (non-hydrogen) atoms. The summed E-state index contributed by atoms with van der Waals surface area (Å²) in [4.78, 5) is 15.0. The van der Waals surface area contributed by atoms with Crippen LogP contribution in [0.15, 0.2) is 48.7 Å². The number of fused-ring (bicyclic) bond motifs is 1. The first-order valence-corrected chi connectivity index (χ1v) is 11.6. The van der Waals surface area contributed by atoms with Crippen molar-refractivity contribution in [2.75, 3.05) is 20.1 Å². The van der Waals surface area contributed by atoms with E-state index in [1.807, 2.05) is 6.20 Å². The van der Waals surface area contributed by atoms with E-state index in [-0.39, 0.29) is 5.91 Å². The Hall–Kier alpha value is -2.59. The molecule has 0 unspecified atom stereocenters. The summed E-state index contributed by atoms with van der Waals surface area (Å²) in [6.45, 7) is 6.24. The van der Waals surface area contributed by atoms with E-state index in [0.717, 1.165) is 17.4 Å². The van der Waals surface area contributed by atoms with Crippen LogP contribution in [0.25, 0.3) is 22.0 Å². The average Bonchev–Trinajstić information content (AvgIpc) is 3.15. The Morgan fingerprint density at radius 1 is 1.00 bits per heavy atom. The largest absolute Gasteiger partial charge is 0.353 e. The van der Waals surface area contributed by atoms with Crippen molar-refractivity contribution in [3.05, 3.63) is 59.8 Å². The number of amides is 1. The summed E-state index contributed by atoms with van der Waals surface area (Å²) in [6, 6.07) is 15.9. The van der Waals surface area contributed by atoms with Gasteiger partial charge >= 0.3 is 0 Å². The highest BCUT2D eigenvalue weighted by molar-refractivity contribution is 5.87. The number of nitrogens with one attached hydrogen (secondary N) is 1. The van der Waals surface area contributed by atoms with Crippen LogP contribution in [-0.2, 0) is 11.3 Å². The maximum Gasteiger partial charge on any atom is 0.239 e. The van der Waals surface area contributed by atoms with Crippen molar-refractivity contribution in [1.82, 2.24) is 14.8 Å². The molecule has 0 spiro atoms. The smallest absolute Gasteiger partial charge is 0.239 e. The molecule has 1 aromatic heterocycles. The number of aryl methyl sites for hydroxylation is 2. The van der Waals surface area contributed by atoms with Crippen molar-refractivity contribution in [2.24, 2.45) is 0 Å². The lowest BCUT2D eigenvalue weighted by atomic mass is 9.94. The fourth-order valence-electron chi connectivity index (χ4n) is 4.93. The topological polar surface area (TPSA) is 37.3 Å². The van der Waals surface area contributed by atoms with Crippen molar-refractivity contribution in [3.63, 3.8) is 0 Å². The molecular weight excluding hydrogens is 382 g/mol. The standard InChI is InChI=1S/C27H35N3O/c1-20-15-21(2)17-24(16-20)23-10-9-22-11-13-30(26(22)18-23)19-27(31)28-12-14-29(3)25-7-5-4-6-8-25/h9-11,13,15-18,25H,4-8,12,14,19H2,1-3H3,(H,28,31). The highest BCUT2D eigenvalue weighted by Crippen LogP contribution is 2.27. The van der Waals surface area contributed by atoms with Crippen molar-refractivity contribution in [3.8, 4) is 11.1 Å². The number of benzene rings is 2. The lowest BCUT2D eigenvalue weighted by Gasteiger charge is -2.31. The fraction of sp³-hybridized carbons (Fsp3) is 0.444. The minimum absolute atomic E-state index is 0.0753. The summed E-state index contributed by atoms with van der Waals surface area (Å²) >= 11 is 0. The normalized spacial score (nSPS) is 15.0. The Morgan fingerprint density at radius 3 is 2.48 bits per heavy atom. The minimum Gasteiger partial charge on any atom is -0.353 e. The molecule has 2 aromatic carbocycles. The van der Waals surface area contributed by atoms with Gasteiger partial charge < -0.3 is 14.8 Å². The van der Waals surface area contributed by atoms with E-state index in [1.54, 1.807) is 0 Å². The van der Waals surface area contributed by atoms with Gasteiger partial charge in [-0.2, -0.15) is 0 Å². The van der Waals surface area contributed by atoms with Crippen LogP contribution >= 0.6 is 0 Å². The van der Waals surface area contributed by atoms with Crippen molar-refractivity contribution in [1.29, 1.82) is 0 Å². The van der Waals surface area contributed by atoms with Gasteiger partial charge in [0.05, 0.1) is 0 Å². The highest BCUT2D eigenvalue weighted by Gasteiger charge is 2.17. The Labute approximate surface area is 186 Å². The molecule has 0 radical (unpaired) electrons. The van der Waals surface area contributed by atoms with E-state index >= 15 is 0 Å². The Kier molecular flexibility index (Phi) is 6.77. The number of hydrogen-bond acceptors (Lipinski definition) is 2. The van der Waals surface area contributed by atoms with Crippen molar-refractivity contribution in [2.45, 2.75) is 58.5 Å². The van der Waals surface area contributed by atoms with Gasteiger partial charge in [-0.05, 0) is 62.4 Å². The van der Waals surface area contributed by atoms with Gasteiger partial charge in [-0.25, -0.2) is 0 Å². The Balaban J connectivity index is 1.39. The summed E-state index contributed by atoms with van der Waals surface area (Å²) < 4.78 is 2.06. The molecule has 1 aliphatic carbocycles. The molecule has 164 valence electrons. The molecule has 4 rings (SSSR count). The van der Waals surface area contributed by atoms with Crippen LogP contribution < -0.4 is 5.32 Å². The van der Waals surface area contributed by atoms with Crippen LogP contribution in [0.2, 0.25) is 0 Å². The van der Waals surface area contributed by atoms with E-state index < -0.39 is 0 Å². The van der Waals surface area contributed by atoms with Gasteiger partial charge in [0.15, 0.2) is 0 Å². The third-order valence-electron chi connectivity index (χ3n) is 6.63. The lowest BCUT2D eigenvalue weighted by Crippen LogP contribution is -2.40. The van der Waals surface area contributed by atoms with E-state index in [0.29, 0.717) is 19.1 Å². The first-order valence-electron chi connectivity index (χ1n) is 11.6. The number of carbonyl (C=O) groups is 1. The van der Waals surface area contributed by atoms with E-state index in [1.165, 1.54) is 54.4 Å². The molecule has 1 heterocycles. The van der Waals surface area contributed by atoms with Gasteiger partial charge in [0.2, 0.25) is 5.91 Å². The lowest BCUT2D eigenvalue weighted by molar-refractivity contribution is -0.121. The molecule has 4 heteroatoms. The van der Waals surface area contributed by atoms with Crippen LogP contribution in [0.4, 0.5) is 0 Å². The number of nitrogens with zero attached hydrogens (tertiary/aromatic N) is 2. The van der Waals surface area contributed by atoms with Crippen LogP contribution in [0.5, 0.6) is 0 Å². The zero-order chi connectivity index (χ0) is 21.8. The minimum atomic E-state index is 0.0753. The zero-order valence-corrected chi connectivity index (χ0v) is 19.2. The fourth-order valence-corrected chi connectivity index (χ4v) is 4.93.